The molecule has 0 saturated heterocycles. The summed E-state index contributed by atoms with van der Waals surface area (Å²) in [5.41, 5.74) is 1.92. The van der Waals surface area contributed by atoms with Gasteiger partial charge in [0.2, 0.25) is 0 Å². The fourth-order valence-corrected chi connectivity index (χ4v) is 3.09. The molecule has 0 bridgehead atoms. The van der Waals surface area contributed by atoms with Gasteiger partial charge in [0.25, 0.3) is 5.91 Å². The lowest BCUT2D eigenvalue weighted by Gasteiger charge is -2.29. The average molecular weight is 444 g/mol. The van der Waals surface area contributed by atoms with Crippen LogP contribution in [0.3, 0.4) is 0 Å². The number of anilines is 1. The highest BCUT2D eigenvalue weighted by Gasteiger charge is 2.25. The Bertz CT molecular complexity index is 675. The zero-order chi connectivity index (χ0) is 14.1. The number of carbonyl (C=O) groups excluding carboxylic acids is 1. The second kappa shape index (κ2) is 5.73. The molecule has 0 spiro atoms. The molecule has 0 fully saturated rings. The minimum absolute atomic E-state index is 0.0144. The Hall–Kier alpha value is -1.08. The summed E-state index contributed by atoms with van der Waals surface area (Å²) in [6, 6.07) is 13.9. The van der Waals surface area contributed by atoms with Gasteiger partial charge in [-0.2, -0.15) is 0 Å². The average Bonchev–Trinajstić information content (AvgIpc) is 2.42. The van der Waals surface area contributed by atoms with Gasteiger partial charge in [0.1, 0.15) is 5.75 Å². The molecule has 20 heavy (non-hydrogen) atoms. The van der Waals surface area contributed by atoms with Gasteiger partial charge in [-0.3, -0.25) is 4.79 Å². The van der Waals surface area contributed by atoms with E-state index < -0.39 is 0 Å². The van der Waals surface area contributed by atoms with Crippen molar-refractivity contribution in [1.29, 1.82) is 0 Å². The van der Waals surface area contributed by atoms with Gasteiger partial charge in [0.05, 0.1) is 12.2 Å². The van der Waals surface area contributed by atoms with Crippen LogP contribution in [0.4, 0.5) is 5.69 Å². The van der Waals surface area contributed by atoms with Gasteiger partial charge >= 0.3 is 0 Å². The SMILES string of the molecule is O=C1COc2ccc(I)cc2N1Cc1cccc(Br)c1. The zero-order valence-electron chi connectivity index (χ0n) is 10.5. The number of nitrogens with zero attached hydrogens (tertiary/aromatic N) is 1. The molecule has 0 N–H and O–H groups in total. The molecule has 0 radical (unpaired) electrons. The van der Waals surface area contributed by atoms with E-state index in [1.165, 1.54) is 0 Å². The van der Waals surface area contributed by atoms with Gasteiger partial charge in [-0.15, -0.1) is 0 Å². The molecule has 0 atom stereocenters. The first kappa shape index (κ1) is 13.9. The van der Waals surface area contributed by atoms with Gasteiger partial charge < -0.3 is 9.64 Å². The number of hydrogen-bond donors (Lipinski definition) is 0. The van der Waals surface area contributed by atoms with E-state index in [9.17, 15) is 4.79 Å². The molecule has 5 heteroatoms. The summed E-state index contributed by atoms with van der Waals surface area (Å²) in [6.45, 7) is 0.649. The Morgan fingerprint density at radius 2 is 2.10 bits per heavy atom. The lowest BCUT2D eigenvalue weighted by molar-refractivity contribution is -0.121. The van der Waals surface area contributed by atoms with Crippen LogP contribution in [0, 0.1) is 3.57 Å². The highest BCUT2D eigenvalue weighted by molar-refractivity contribution is 14.1. The molecule has 1 aliphatic rings. The Morgan fingerprint density at radius 3 is 2.90 bits per heavy atom. The number of hydrogen-bond acceptors (Lipinski definition) is 2. The van der Waals surface area contributed by atoms with E-state index in [0.717, 1.165) is 25.0 Å². The number of rotatable bonds is 2. The highest BCUT2D eigenvalue weighted by atomic mass is 127. The van der Waals surface area contributed by atoms with Gasteiger partial charge in [-0.05, 0) is 58.5 Å². The quantitative estimate of drug-likeness (QED) is 0.657. The molecule has 2 aromatic carbocycles. The van der Waals surface area contributed by atoms with Crippen molar-refractivity contribution in [2.24, 2.45) is 0 Å². The number of amides is 1. The van der Waals surface area contributed by atoms with Crippen LogP contribution < -0.4 is 9.64 Å². The third kappa shape index (κ3) is 2.83. The van der Waals surface area contributed by atoms with Crippen LogP contribution in [0.1, 0.15) is 5.56 Å². The molecule has 1 aliphatic heterocycles. The van der Waals surface area contributed by atoms with Crippen LogP contribution in [0.15, 0.2) is 46.9 Å². The Labute approximate surface area is 139 Å². The Kier molecular flexibility index (Phi) is 3.98. The first-order valence-corrected chi connectivity index (χ1v) is 7.98. The van der Waals surface area contributed by atoms with Crippen LogP contribution in [-0.4, -0.2) is 12.5 Å². The van der Waals surface area contributed by atoms with Gasteiger partial charge in [-0.1, -0.05) is 28.1 Å². The fraction of sp³-hybridized carbons (Fsp3) is 0.133. The monoisotopic (exact) mass is 443 g/mol. The minimum atomic E-state index is -0.0144. The van der Waals surface area contributed by atoms with E-state index in [2.05, 4.69) is 38.5 Å². The predicted octanol–water partition coefficient (Wildman–Crippen LogP) is 3.98. The third-order valence-electron chi connectivity index (χ3n) is 3.09. The van der Waals surface area contributed by atoms with Crippen LogP contribution in [0.25, 0.3) is 0 Å². The molecule has 1 amide bonds. The molecule has 3 nitrogen and oxygen atoms in total. The molecule has 1 heterocycles. The Balaban J connectivity index is 1.97. The molecule has 0 saturated carbocycles. The van der Waals surface area contributed by atoms with E-state index in [0.29, 0.717) is 6.54 Å². The van der Waals surface area contributed by atoms with Crippen molar-refractivity contribution in [3.63, 3.8) is 0 Å². The number of carbonyl (C=O) groups is 1. The molecule has 3 rings (SSSR count). The van der Waals surface area contributed by atoms with E-state index in [1.54, 1.807) is 4.90 Å². The van der Waals surface area contributed by atoms with Crippen molar-refractivity contribution in [3.8, 4) is 5.75 Å². The van der Waals surface area contributed by atoms with Gasteiger partial charge in [-0.25, -0.2) is 0 Å². The summed E-state index contributed by atoms with van der Waals surface area (Å²) in [5, 5.41) is 0. The number of fused-ring (bicyclic) bond motifs is 1. The summed E-state index contributed by atoms with van der Waals surface area (Å²) in [7, 11) is 0. The van der Waals surface area contributed by atoms with Gasteiger partial charge in [0.15, 0.2) is 6.61 Å². The Morgan fingerprint density at radius 1 is 1.25 bits per heavy atom. The molecule has 102 valence electrons. The van der Waals surface area contributed by atoms with Crippen molar-refractivity contribution in [2.75, 3.05) is 11.5 Å². The maximum absolute atomic E-state index is 12.1. The molecular weight excluding hydrogens is 433 g/mol. The summed E-state index contributed by atoms with van der Waals surface area (Å²) < 4.78 is 7.57. The van der Waals surface area contributed by atoms with E-state index in [4.69, 9.17) is 4.74 Å². The molecule has 2 aromatic rings. The van der Waals surface area contributed by atoms with E-state index in [-0.39, 0.29) is 12.5 Å². The van der Waals surface area contributed by atoms with Crippen LogP contribution in [0.2, 0.25) is 0 Å². The minimum Gasteiger partial charge on any atom is -0.482 e. The molecule has 0 aliphatic carbocycles. The fourth-order valence-electron chi connectivity index (χ4n) is 2.17. The standard InChI is InChI=1S/C15H11BrINO2/c16-11-3-1-2-10(6-11)8-18-13-7-12(17)4-5-14(13)20-9-15(18)19/h1-7H,8-9H2. The topological polar surface area (TPSA) is 29.5 Å². The first-order valence-electron chi connectivity index (χ1n) is 6.10. The van der Waals surface area contributed by atoms with Crippen molar-refractivity contribution < 1.29 is 9.53 Å². The second-order valence-corrected chi connectivity index (χ2v) is 6.67. The van der Waals surface area contributed by atoms with Crippen molar-refractivity contribution in [3.05, 3.63) is 56.1 Å². The molecular formula is C15H11BrINO2. The van der Waals surface area contributed by atoms with Crippen molar-refractivity contribution >= 4 is 50.1 Å². The summed E-state index contributed by atoms with van der Waals surface area (Å²) in [6.07, 6.45) is 0. The number of halogens is 2. The van der Waals surface area contributed by atoms with Crippen LogP contribution in [0.5, 0.6) is 5.75 Å². The predicted molar refractivity (Wildman–Crippen MR) is 90.0 cm³/mol. The second-order valence-electron chi connectivity index (χ2n) is 4.51. The van der Waals surface area contributed by atoms with Gasteiger partial charge in [0, 0.05) is 8.04 Å². The lowest BCUT2D eigenvalue weighted by atomic mass is 10.1. The maximum Gasteiger partial charge on any atom is 0.265 e. The lowest BCUT2D eigenvalue weighted by Crippen LogP contribution is -2.38. The number of benzene rings is 2. The van der Waals surface area contributed by atoms with E-state index in [1.807, 2.05) is 42.5 Å². The number of ether oxygens (including phenoxy) is 1. The molecule has 0 aromatic heterocycles. The largest absolute Gasteiger partial charge is 0.482 e. The van der Waals surface area contributed by atoms with E-state index >= 15 is 0 Å². The van der Waals surface area contributed by atoms with Crippen molar-refractivity contribution in [1.82, 2.24) is 0 Å². The molecule has 0 unspecified atom stereocenters. The zero-order valence-corrected chi connectivity index (χ0v) is 14.2. The van der Waals surface area contributed by atoms with Crippen molar-refractivity contribution in [2.45, 2.75) is 6.54 Å². The summed E-state index contributed by atoms with van der Waals surface area (Å²) in [4.78, 5) is 13.9. The smallest absolute Gasteiger partial charge is 0.265 e. The van der Waals surface area contributed by atoms with Crippen LogP contribution in [-0.2, 0) is 11.3 Å². The summed E-state index contributed by atoms with van der Waals surface area (Å²) in [5.74, 6) is 0.750. The first-order chi connectivity index (χ1) is 9.63. The maximum atomic E-state index is 12.1. The highest BCUT2D eigenvalue weighted by Crippen LogP contribution is 2.34. The third-order valence-corrected chi connectivity index (χ3v) is 4.26. The normalized spacial score (nSPS) is 13.9. The summed E-state index contributed by atoms with van der Waals surface area (Å²) >= 11 is 5.69. The van der Waals surface area contributed by atoms with Crippen LogP contribution >= 0.6 is 38.5 Å².